The van der Waals surface area contributed by atoms with E-state index in [4.69, 9.17) is 16.3 Å². The molecule has 36 heavy (non-hydrogen) atoms. The van der Waals surface area contributed by atoms with Crippen LogP contribution in [0.1, 0.15) is 38.2 Å². The fourth-order valence-corrected chi connectivity index (χ4v) is 6.19. The van der Waals surface area contributed by atoms with Gasteiger partial charge in [-0.2, -0.15) is 9.78 Å². The van der Waals surface area contributed by atoms with Crippen molar-refractivity contribution in [3.63, 3.8) is 0 Å². The predicted molar refractivity (Wildman–Crippen MR) is 148 cm³/mol. The summed E-state index contributed by atoms with van der Waals surface area (Å²) in [6.07, 6.45) is 6.54. The van der Waals surface area contributed by atoms with Crippen LogP contribution in [0.15, 0.2) is 65.6 Å². The summed E-state index contributed by atoms with van der Waals surface area (Å²) in [6, 6.07) is 17.8. The van der Waals surface area contributed by atoms with Crippen molar-refractivity contribution in [2.24, 2.45) is 5.92 Å². The summed E-state index contributed by atoms with van der Waals surface area (Å²) in [6.45, 7) is 5.55. The Morgan fingerprint density at radius 1 is 1.06 bits per heavy atom. The minimum Gasteiger partial charge on any atom is -0.483 e. The van der Waals surface area contributed by atoms with Crippen LogP contribution < -0.4 is 15.2 Å². The molecule has 1 atom stereocenters. The highest BCUT2D eigenvalue weighted by Gasteiger charge is 2.28. The third kappa shape index (κ3) is 5.90. The molecule has 1 aliphatic carbocycles. The number of hydrogen-bond donors (Lipinski definition) is 0. The van der Waals surface area contributed by atoms with Crippen LogP contribution in [-0.2, 0) is 5.75 Å². The molecule has 0 radical (unpaired) electrons. The molecule has 1 aromatic heterocycles. The molecular formula is C28H33ClN4O2S. The van der Waals surface area contributed by atoms with E-state index in [9.17, 15) is 4.79 Å². The number of anilines is 1. The zero-order chi connectivity index (χ0) is 24.9. The van der Waals surface area contributed by atoms with Crippen LogP contribution in [-0.4, -0.2) is 46.4 Å². The molecule has 5 rings (SSSR count). The van der Waals surface area contributed by atoms with E-state index in [1.165, 1.54) is 23.1 Å². The average molecular weight is 525 g/mol. The minimum absolute atomic E-state index is 0.0168. The second kappa shape index (κ2) is 11.7. The maximum atomic E-state index is 13.7. The quantitative estimate of drug-likeness (QED) is 0.346. The van der Waals surface area contributed by atoms with Crippen LogP contribution in [0.2, 0.25) is 5.02 Å². The van der Waals surface area contributed by atoms with Crippen LogP contribution in [0.5, 0.6) is 5.75 Å². The Morgan fingerprint density at radius 3 is 2.53 bits per heavy atom. The Balaban J connectivity index is 1.35. The Morgan fingerprint density at radius 2 is 1.81 bits per heavy atom. The molecule has 8 heteroatoms. The monoisotopic (exact) mass is 524 g/mol. The molecule has 2 aromatic carbocycles. The lowest BCUT2D eigenvalue weighted by Crippen LogP contribution is -2.44. The van der Waals surface area contributed by atoms with E-state index in [0.29, 0.717) is 22.4 Å². The molecule has 3 aromatic rings. The van der Waals surface area contributed by atoms with Gasteiger partial charge in [-0.3, -0.25) is 4.79 Å². The third-order valence-corrected chi connectivity index (χ3v) is 8.60. The number of piperazine rings is 1. The molecule has 1 unspecified atom stereocenters. The molecule has 2 aliphatic rings. The highest BCUT2D eigenvalue weighted by atomic mass is 35.5. The van der Waals surface area contributed by atoms with Gasteiger partial charge in [-0.1, -0.05) is 72.8 Å². The van der Waals surface area contributed by atoms with Gasteiger partial charge in [0.1, 0.15) is 5.69 Å². The van der Waals surface area contributed by atoms with Crippen molar-refractivity contribution in [3.8, 4) is 11.4 Å². The molecule has 1 saturated heterocycles. The summed E-state index contributed by atoms with van der Waals surface area (Å²) in [7, 11) is 0. The summed E-state index contributed by atoms with van der Waals surface area (Å²) in [5.74, 6) is 1.84. The van der Waals surface area contributed by atoms with Crippen molar-refractivity contribution in [1.29, 1.82) is 0 Å². The predicted octanol–water partition coefficient (Wildman–Crippen LogP) is 5.81. The molecule has 1 aliphatic heterocycles. The molecule has 1 saturated carbocycles. The van der Waals surface area contributed by atoms with Gasteiger partial charge in [0.05, 0.1) is 18.0 Å². The minimum atomic E-state index is -0.236. The summed E-state index contributed by atoms with van der Waals surface area (Å²) in [5.41, 5.74) is 2.52. The fourth-order valence-electron chi connectivity index (χ4n) is 5.06. The number of ether oxygens (including phenoxy) is 1. The highest BCUT2D eigenvalue weighted by molar-refractivity contribution is 7.96. The van der Waals surface area contributed by atoms with Crippen molar-refractivity contribution >= 4 is 29.2 Å². The Labute approximate surface area is 222 Å². The van der Waals surface area contributed by atoms with Crippen molar-refractivity contribution in [2.45, 2.75) is 44.5 Å². The van der Waals surface area contributed by atoms with Gasteiger partial charge in [-0.25, -0.2) is 4.31 Å². The first kappa shape index (κ1) is 25.2. The molecule has 0 N–H and O–H groups in total. The van der Waals surface area contributed by atoms with Gasteiger partial charge in [-0.05, 0) is 49.4 Å². The maximum absolute atomic E-state index is 13.7. The molecule has 6 nitrogen and oxygen atoms in total. The fraction of sp³-hybridized carbons (Fsp3) is 0.429. The van der Waals surface area contributed by atoms with Crippen molar-refractivity contribution in [2.75, 3.05) is 31.1 Å². The number of nitrogens with zero attached hydrogens (tertiary/aromatic N) is 4. The largest absolute Gasteiger partial charge is 0.483 e. The molecule has 190 valence electrons. The van der Waals surface area contributed by atoms with Gasteiger partial charge >= 0.3 is 5.56 Å². The second-order valence-corrected chi connectivity index (χ2v) is 11.1. The van der Waals surface area contributed by atoms with Crippen LogP contribution in [0.4, 0.5) is 5.69 Å². The van der Waals surface area contributed by atoms with E-state index in [1.54, 1.807) is 18.3 Å². The van der Waals surface area contributed by atoms with Crippen molar-refractivity contribution in [3.05, 3.63) is 81.7 Å². The van der Waals surface area contributed by atoms with E-state index in [2.05, 4.69) is 51.6 Å². The van der Waals surface area contributed by atoms with Crippen LogP contribution >= 0.6 is 23.5 Å². The Kier molecular flexibility index (Phi) is 8.19. The topological polar surface area (TPSA) is 50.6 Å². The van der Waals surface area contributed by atoms with Gasteiger partial charge in [0.2, 0.25) is 5.75 Å². The van der Waals surface area contributed by atoms with E-state index in [-0.39, 0.29) is 11.7 Å². The standard InChI is InChI=1S/C28H33ClN4O2S/c1-21(23-10-5-6-11-23)35-27-26(19-30-33(28(27)34)25-13-7-12-24(29)18-25)31-14-16-32(17-15-31)36-20-22-8-3-2-4-9-22/h2-4,7-9,12-13,18-19,21,23H,5-6,10-11,14-17,20H2,1H3. The summed E-state index contributed by atoms with van der Waals surface area (Å²) >= 11 is 8.06. The van der Waals surface area contributed by atoms with Gasteiger partial charge in [0, 0.05) is 37.0 Å². The first-order valence-corrected chi connectivity index (χ1v) is 14.1. The van der Waals surface area contributed by atoms with Gasteiger partial charge < -0.3 is 9.64 Å². The number of aromatic nitrogens is 2. The molecular weight excluding hydrogens is 492 g/mol. The lowest BCUT2D eigenvalue weighted by atomic mass is 10.0. The SMILES string of the molecule is CC(Oc1c(N2CCN(SCc3ccccc3)CC2)cnn(-c2cccc(Cl)c2)c1=O)C1CCCC1. The number of halogens is 1. The van der Waals surface area contributed by atoms with Gasteiger partial charge in [-0.15, -0.1) is 0 Å². The smallest absolute Gasteiger partial charge is 0.316 e. The Bertz CT molecular complexity index is 1210. The first-order valence-electron chi connectivity index (χ1n) is 12.8. The number of rotatable bonds is 8. The molecule has 2 fully saturated rings. The second-order valence-electron chi connectivity index (χ2n) is 9.60. The molecule has 2 heterocycles. The summed E-state index contributed by atoms with van der Waals surface area (Å²) in [5, 5.41) is 5.10. The van der Waals surface area contributed by atoms with E-state index in [1.807, 2.05) is 24.1 Å². The Hall–Kier alpha value is -2.48. The van der Waals surface area contributed by atoms with Crippen LogP contribution in [0.25, 0.3) is 5.69 Å². The average Bonchev–Trinajstić information content (AvgIpc) is 3.45. The van der Waals surface area contributed by atoms with Gasteiger partial charge in [0.25, 0.3) is 0 Å². The van der Waals surface area contributed by atoms with E-state index >= 15 is 0 Å². The van der Waals surface area contributed by atoms with Crippen LogP contribution in [0.3, 0.4) is 0 Å². The van der Waals surface area contributed by atoms with E-state index in [0.717, 1.165) is 50.5 Å². The zero-order valence-corrected chi connectivity index (χ0v) is 22.3. The van der Waals surface area contributed by atoms with Crippen LogP contribution in [0, 0.1) is 5.92 Å². The van der Waals surface area contributed by atoms with E-state index < -0.39 is 0 Å². The van der Waals surface area contributed by atoms with Crippen molar-refractivity contribution in [1.82, 2.24) is 14.1 Å². The number of hydrogen-bond acceptors (Lipinski definition) is 6. The lowest BCUT2D eigenvalue weighted by Gasteiger charge is -2.36. The summed E-state index contributed by atoms with van der Waals surface area (Å²) < 4.78 is 10.3. The third-order valence-electron chi connectivity index (χ3n) is 7.17. The summed E-state index contributed by atoms with van der Waals surface area (Å²) in [4.78, 5) is 16.0. The molecule has 0 bridgehead atoms. The zero-order valence-electron chi connectivity index (χ0n) is 20.7. The van der Waals surface area contributed by atoms with Gasteiger partial charge in [0.15, 0.2) is 0 Å². The number of benzene rings is 2. The normalized spacial score (nSPS) is 17.9. The molecule has 0 amide bonds. The highest BCUT2D eigenvalue weighted by Crippen LogP contribution is 2.33. The van der Waals surface area contributed by atoms with Crippen molar-refractivity contribution < 1.29 is 4.74 Å². The molecule has 0 spiro atoms. The first-order chi connectivity index (χ1) is 17.6. The maximum Gasteiger partial charge on any atom is 0.316 e. The lowest BCUT2D eigenvalue weighted by molar-refractivity contribution is 0.151.